The van der Waals surface area contributed by atoms with E-state index in [2.05, 4.69) is 18.3 Å². The van der Waals surface area contributed by atoms with E-state index in [4.69, 9.17) is 13.9 Å². The number of nitrogens with one attached hydrogen (secondary N) is 1. The van der Waals surface area contributed by atoms with Crippen LogP contribution in [0, 0.1) is 0 Å². The summed E-state index contributed by atoms with van der Waals surface area (Å²) in [4.78, 5) is 0. The molecule has 1 N–H and O–H groups in total. The zero-order valence-electron chi connectivity index (χ0n) is 11.6. The van der Waals surface area contributed by atoms with Gasteiger partial charge in [-0.3, -0.25) is 0 Å². The molecule has 1 aliphatic heterocycles. The highest BCUT2D eigenvalue weighted by atomic mass is 16.7. The van der Waals surface area contributed by atoms with E-state index in [1.54, 1.807) is 6.26 Å². The van der Waals surface area contributed by atoms with E-state index in [1.165, 1.54) is 5.56 Å². The van der Waals surface area contributed by atoms with Crippen LogP contribution in [0.5, 0.6) is 11.5 Å². The quantitative estimate of drug-likeness (QED) is 0.878. The van der Waals surface area contributed by atoms with Crippen molar-refractivity contribution in [1.82, 2.24) is 5.32 Å². The molecule has 0 radical (unpaired) electrons. The molecule has 0 spiro atoms. The molecule has 20 heavy (non-hydrogen) atoms. The SMILES string of the molecule is CC(CCc1ccco1)NCc1ccc2c(c1)OCO2. The number of furan rings is 1. The molecule has 1 aromatic heterocycles. The summed E-state index contributed by atoms with van der Waals surface area (Å²) in [6.07, 6.45) is 3.74. The maximum absolute atomic E-state index is 5.38. The van der Waals surface area contributed by atoms with Crippen molar-refractivity contribution in [3.63, 3.8) is 0 Å². The molecule has 0 saturated heterocycles. The highest BCUT2D eigenvalue weighted by Gasteiger charge is 2.13. The Morgan fingerprint density at radius 2 is 2.10 bits per heavy atom. The van der Waals surface area contributed by atoms with Gasteiger partial charge in [-0.25, -0.2) is 0 Å². The van der Waals surface area contributed by atoms with Gasteiger partial charge in [-0.2, -0.15) is 0 Å². The average Bonchev–Trinajstić information content (AvgIpc) is 3.13. The van der Waals surface area contributed by atoms with Crippen LogP contribution in [-0.4, -0.2) is 12.8 Å². The average molecular weight is 273 g/mol. The molecule has 0 aliphatic carbocycles. The molecule has 106 valence electrons. The Balaban J connectivity index is 1.46. The second-order valence-electron chi connectivity index (χ2n) is 5.09. The van der Waals surface area contributed by atoms with Crippen molar-refractivity contribution >= 4 is 0 Å². The molecular formula is C16H19NO3. The van der Waals surface area contributed by atoms with Crippen LogP contribution >= 0.6 is 0 Å². The van der Waals surface area contributed by atoms with Crippen LogP contribution < -0.4 is 14.8 Å². The Labute approximate surface area is 118 Å². The summed E-state index contributed by atoms with van der Waals surface area (Å²) in [6.45, 7) is 3.34. The third-order valence-electron chi connectivity index (χ3n) is 3.50. The minimum atomic E-state index is 0.325. The van der Waals surface area contributed by atoms with E-state index in [9.17, 15) is 0 Å². The molecule has 1 aliphatic rings. The van der Waals surface area contributed by atoms with E-state index in [-0.39, 0.29) is 0 Å². The highest BCUT2D eigenvalue weighted by molar-refractivity contribution is 5.44. The number of hydrogen-bond donors (Lipinski definition) is 1. The molecule has 1 atom stereocenters. The first kappa shape index (κ1) is 13.1. The Morgan fingerprint density at radius 1 is 1.20 bits per heavy atom. The van der Waals surface area contributed by atoms with Gasteiger partial charge < -0.3 is 19.2 Å². The van der Waals surface area contributed by atoms with Gasteiger partial charge in [0.2, 0.25) is 6.79 Å². The first-order valence-electron chi connectivity index (χ1n) is 6.95. The minimum Gasteiger partial charge on any atom is -0.469 e. The maximum atomic E-state index is 5.38. The van der Waals surface area contributed by atoms with Crippen molar-refractivity contribution in [3.05, 3.63) is 47.9 Å². The Hall–Kier alpha value is -1.94. The summed E-state index contributed by atoms with van der Waals surface area (Å²) in [7, 11) is 0. The van der Waals surface area contributed by atoms with E-state index < -0.39 is 0 Å². The summed E-state index contributed by atoms with van der Waals surface area (Å²) >= 11 is 0. The van der Waals surface area contributed by atoms with Gasteiger partial charge in [0.25, 0.3) is 0 Å². The zero-order chi connectivity index (χ0) is 13.8. The van der Waals surface area contributed by atoms with Crippen LogP contribution in [-0.2, 0) is 13.0 Å². The molecule has 4 nitrogen and oxygen atoms in total. The number of benzene rings is 1. The van der Waals surface area contributed by atoms with E-state index >= 15 is 0 Å². The fourth-order valence-electron chi connectivity index (χ4n) is 2.26. The topological polar surface area (TPSA) is 43.6 Å². The molecule has 4 heteroatoms. The smallest absolute Gasteiger partial charge is 0.231 e. The number of aryl methyl sites for hydroxylation is 1. The second kappa shape index (κ2) is 6.01. The molecular weight excluding hydrogens is 254 g/mol. The molecule has 3 rings (SSSR count). The molecule has 0 fully saturated rings. The lowest BCUT2D eigenvalue weighted by Crippen LogP contribution is -2.25. The predicted molar refractivity (Wildman–Crippen MR) is 75.9 cm³/mol. The summed E-state index contributed by atoms with van der Waals surface area (Å²) in [5, 5.41) is 3.51. The number of rotatable bonds is 6. The van der Waals surface area contributed by atoms with Gasteiger partial charge in [0, 0.05) is 19.0 Å². The molecule has 0 bridgehead atoms. The molecule has 1 aromatic carbocycles. The molecule has 0 amide bonds. The van der Waals surface area contributed by atoms with E-state index in [0.29, 0.717) is 12.8 Å². The lowest BCUT2D eigenvalue weighted by Gasteiger charge is -2.13. The van der Waals surface area contributed by atoms with Crippen molar-refractivity contribution in [2.45, 2.75) is 32.4 Å². The van der Waals surface area contributed by atoms with Crippen molar-refractivity contribution in [1.29, 1.82) is 0 Å². The molecule has 2 aromatic rings. The summed E-state index contributed by atoms with van der Waals surface area (Å²) in [5.41, 5.74) is 1.21. The number of hydrogen-bond acceptors (Lipinski definition) is 4. The first-order chi connectivity index (χ1) is 9.81. The van der Waals surface area contributed by atoms with E-state index in [0.717, 1.165) is 36.6 Å². The Morgan fingerprint density at radius 3 is 2.95 bits per heavy atom. The standard InChI is InChI=1S/C16H19NO3/c1-12(4-6-14-3-2-8-18-14)17-10-13-5-7-15-16(9-13)20-11-19-15/h2-3,5,7-9,12,17H,4,6,10-11H2,1H3. The third kappa shape index (κ3) is 3.14. The lowest BCUT2D eigenvalue weighted by molar-refractivity contribution is 0.174. The fourth-order valence-corrected chi connectivity index (χ4v) is 2.26. The molecule has 1 unspecified atom stereocenters. The van der Waals surface area contributed by atoms with Gasteiger partial charge in [0.15, 0.2) is 11.5 Å². The Bertz CT molecular complexity index is 551. The fraction of sp³-hybridized carbons (Fsp3) is 0.375. The van der Waals surface area contributed by atoms with Crippen LogP contribution in [0.25, 0.3) is 0 Å². The maximum Gasteiger partial charge on any atom is 0.231 e. The number of fused-ring (bicyclic) bond motifs is 1. The Kier molecular flexibility index (Phi) is 3.92. The van der Waals surface area contributed by atoms with Crippen LogP contribution in [0.15, 0.2) is 41.0 Å². The first-order valence-corrected chi connectivity index (χ1v) is 6.95. The van der Waals surface area contributed by atoms with Gasteiger partial charge in [0.05, 0.1) is 6.26 Å². The third-order valence-corrected chi connectivity index (χ3v) is 3.50. The summed E-state index contributed by atoms with van der Waals surface area (Å²) < 4.78 is 16.0. The summed E-state index contributed by atoms with van der Waals surface area (Å²) in [5.74, 6) is 2.72. The predicted octanol–water partition coefficient (Wildman–Crippen LogP) is 3.12. The minimum absolute atomic E-state index is 0.325. The summed E-state index contributed by atoms with van der Waals surface area (Å²) in [6, 6.07) is 10.5. The zero-order valence-corrected chi connectivity index (χ0v) is 11.6. The van der Waals surface area contributed by atoms with Crippen molar-refractivity contribution in [2.75, 3.05) is 6.79 Å². The van der Waals surface area contributed by atoms with E-state index in [1.807, 2.05) is 24.3 Å². The number of ether oxygens (including phenoxy) is 2. The van der Waals surface area contributed by atoms with Crippen molar-refractivity contribution in [2.24, 2.45) is 0 Å². The van der Waals surface area contributed by atoms with Gasteiger partial charge in [-0.1, -0.05) is 6.07 Å². The highest BCUT2D eigenvalue weighted by Crippen LogP contribution is 2.32. The van der Waals surface area contributed by atoms with Gasteiger partial charge >= 0.3 is 0 Å². The normalized spacial score (nSPS) is 14.4. The second-order valence-corrected chi connectivity index (χ2v) is 5.09. The van der Waals surface area contributed by atoms with Crippen LogP contribution in [0.1, 0.15) is 24.7 Å². The van der Waals surface area contributed by atoms with Gasteiger partial charge in [0.1, 0.15) is 5.76 Å². The van der Waals surface area contributed by atoms with Crippen LogP contribution in [0.2, 0.25) is 0 Å². The van der Waals surface area contributed by atoms with Gasteiger partial charge in [-0.05, 0) is 43.2 Å². The van der Waals surface area contributed by atoms with Crippen molar-refractivity contribution < 1.29 is 13.9 Å². The lowest BCUT2D eigenvalue weighted by atomic mass is 10.1. The monoisotopic (exact) mass is 273 g/mol. The van der Waals surface area contributed by atoms with Gasteiger partial charge in [-0.15, -0.1) is 0 Å². The van der Waals surface area contributed by atoms with Crippen molar-refractivity contribution in [3.8, 4) is 11.5 Å². The molecule has 2 heterocycles. The van der Waals surface area contributed by atoms with Crippen LogP contribution in [0.4, 0.5) is 0 Å². The largest absolute Gasteiger partial charge is 0.469 e. The molecule has 0 saturated carbocycles. The van der Waals surface area contributed by atoms with Crippen LogP contribution in [0.3, 0.4) is 0 Å².